The summed E-state index contributed by atoms with van der Waals surface area (Å²) in [7, 11) is 0. The first-order valence-corrected chi connectivity index (χ1v) is 7.28. The largest absolute Gasteiger partial charge is 0.480 e. The topological polar surface area (TPSA) is 78.4 Å². The number of hydrogen-bond acceptors (Lipinski definition) is 3. The lowest BCUT2D eigenvalue weighted by Crippen LogP contribution is -2.47. The summed E-state index contributed by atoms with van der Waals surface area (Å²) < 4.78 is 0.926. The van der Waals surface area contributed by atoms with Crippen LogP contribution in [0.2, 0.25) is 0 Å². The summed E-state index contributed by atoms with van der Waals surface area (Å²) in [5.74, 6) is -1.19. The summed E-state index contributed by atoms with van der Waals surface area (Å²) >= 11 is 3.32. The minimum Gasteiger partial charge on any atom is -0.480 e. The molecule has 0 heterocycles. The fraction of sp³-hybridized carbons (Fsp3) is 0.429. The molecule has 0 fully saturated rings. The van der Waals surface area contributed by atoms with Gasteiger partial charge in [0.1, 0.15) is 6.04 Å². The summed E-state index contributed by atoms with van der Waals surface area (Å²) in [4.78, 5) is 23.0. The van der Waals surface area contributed by atoms with E-state index in [2.05, 4.69) is 26.6 Å². The second kappa shape index (κ2) is 9.76. The lowest BCUT2D eigenvalue weighted by atomic mass is 10.1. The van der Waals surface area contributed by atoms with Crippen LogP contribution >= 0.6 is 28.3 Å². The molecule has 1 rings (SSSR count). The number of amides is 1. The maximum absolute atomic E-state index is 12.0. The van der Waals surface area contributed by atoms with Crippen LogP contribution in [0.15, 0.2) is 28.7 Å². The Morgan fingerprint density at radius 1 is 1.29 bits per heavy atom. The van der Waals surface area contributed by atoms with Gasteiger partial charge in [0.15, 0.2) is 0 Å². The van der Waals surface area contributed by atoms with Gasteiger partial charge in [-0.3, -0.25) is 14.9 Å². The third kappa shape index (κ3) is 6.93. The molecule has 1 amide bonds. The lowest BCUT2D eigenvalue weighted by molar-refractivity contribution is -0.140. The third-order valence-electron chi connectivity index (χ3n) is 2.83. The average molecular weight is 380 g/mol. The molecule has 1 aromatic rings. The van der Waals surface area contributed by atoms with Crippen molar-refractivity contribution in [2.24, 2.45) is 0 Å². The van der Waals surface area contributed by atoms with E-state index >= 15 is 0 Å². The fourth-order valence-corrected chi connectivity index (χ4v) is 1.99. The number of carbonyl (C=O) groups is 2. The molecule has 0 aromatic heterocycles. The van der Waals surface area contributed by atoms with Crippen LogP contribution in [0.25, 0.3) is 0 Å². The number of hydrogen-bond donors (Lipinski definition) is 3. The first-order chi connectivity index (χ1) is 9.43. The molecular weight excluding hydrogens is 360 g/mol. The van der Waals surface area contributed by atoms with Crippen LogP contribution in [-0.4, -0.2) is 29.1 Å². The van der Waals surface area contributed by atoms with E-state index in [-0.39, 0.29) is 18.3 Å². The highest BCUT2D eigenvalue weighted by Crippen LogP contribution is 2.14. The van der Waals surface area contributed by atoms with E-state index in [1.807, 2.05) is 19.1 Å². The number of aliphatic carboxylic acids is 1. The zero-order chi connectivity index (χ0) is 15.1. The van der Waals surface area contributed by atoms with Crippen LogP contribution in [0.5, 0.6) is 0 Å². The molecule has 21 heavy (non-hydrogen) atoms. The van der Waals surface area contributed by atoms with Crippen molar-refractivity contribution in [3.05, 3.63) is 28.7 Å². The Balaban J connectivity index is 0.00000400. The summed E-state index contributed by atoms with van der Waals surface area (Å²) in [6.07, 6.45) is 1.23. The number of carboxylic acid groups (broad SMARTS) is 1. The molecule has 2 atom stereocenters. The molecule has 1 aromatic carbocycles. The summed E-state index contributed by atoms with van der Waals surface area (Å²) in [6.45, 7) is 3.56. The van der Waals surface area contributed by atoms with Gasteiger partial charge in [-0.2, -0.15) is 0 Å². The van der Waals surface area contributed by atoms with Crippen molar-refractivity contribution in [2.75, 3.05) is 5.32 Å². The summed E-state index contributed by atoms with van der Waals surface area (Å²) in [5.41, 5.74) is 0.675. The molecule has 5 nitrogen and oxygen atoms in total. The maximum atomic E-state index is 12.0. The Morgan fingerprint density at radius 3 is 2.33 bits per heavy atom. The Kier molecular flexibility index (Phi) is 9.24. The molecule has 0 radical (unpaired) electrons. The molecule has 118 valence electrons. The third-order valence-corrected chi connectivity index (χ3v) is 3.36. The van der Waals surface area contributed by atoms with Gasteiger partial charge in [-0.25, -0.2) is 0 Å². The van der Waals surface area contributed by atoms with Crippen molar-refractivity contribution < 1.29 is 14.7 Å². The molecule has 0 spiro atoms. The van der Waals surface area contributed by atoms with Gasteiger partial charge in [0, 0.05) is 10.2 Å². The highest BCUT2D eigenvalue weighted by molar-refractivity contribution is 9.10. The number of rotatable bonds is 7. The quantitative estimate of drug-likeness (QED) is 0.680. The van der Waals surface area contributed by atoms with Gasteiger partial charge >= 0.3 is 5.97 Å². The van der Waals surface area contributed by atoms with Gasteiger partial charge in [0.05, 0.1) is 6.04 Å². The van der Waals surface area contributed by atoms with Crippen LogP contribution in [0.1, 0.15) is 26.7 Å². The maximum Gasteiger partial charge on any atom is 0.320 e. The molecule has 7 heteroatoms. The minimum absolute atomic E-state index is 0. The Labute approximate surface area is 139 Å². The van der Waals surface area contributed by atoms with E-state index in [9.17, 15) is 9.59 Å². The molecule has 0 bridgehead atoms. The van der Waals surface area contributed by atoms with Gasteiger partial charge < -0.3 is 10.4 Å². The minimum atomic E-state index is -0.935. The Morgan fingerprint density at radius 2 is 1.86 bits per heavy atom. The predicted molar refractivity (Wildman–Crippen MR) is 88.9 cm³/mol. The second-order valence-electron chi connectivity index (χ2n) is 4.56. The van der Waals surface area contributed by atoms with Crippen molar-refractivity contribution in [3.63, 3.8) is 0 Å². The van der Waals surface area contributed by atoms with Crippen LogP contribution in [0, 0.1) is 0 Å². The lowest BCUT2D eigenvalue weighted by Gasteiger charge is -2.19. The summed E-state index contributed by atoms with van der Waals surface area (Å²) in [6, 6.07) is 5.91. The normalized spacial score (nSPS) is 12.9. The van der Waals surface area contributed by atoms with Gasteiger partial charge in [0.2, 0.25) is 5.91 Å². The fourth-order valence-electron chi connectivity index (χ4n) is 1.73. The summed E-state index contributed by atoms with van der Waals surface area (Å²) in [5, 5.41) is 14.6. The average Bonchev–Trinajstić information content (AvgIpc) is 2.40. The zero-order valence-electron chi connectivity index (χ0n) is 11.9. The van der Waals surface area contributed by atoms with Crippen LogP contribution in [0.4, 0.5) is 5.69 Å². The molecule has 2 unspecified atom stereocenters. The Hall–Kier alpha value is -1.11. The van der Waals surface area contributed by atoms with Crippen LogP contribution in [-0.2, 0) is 9.59 Å². The van der Waals surface area contributed by atoms with Crippen molar-refractivity contribution >= 4 is 45.9 Å². The van der Waals surface area contributed by atoms with E-state index in [1.54, 1.807) is 19.1 Å². The van der Waals surface area contributed by atoms with E-state index < -0.39 is 18.1 Å². The number of nitrogens with one attached hydrogen (secondary N) is 2. The highest BCUT2D eigenvalue weighted by Gasteiger charge is 2.22. The van der Waals surface area contributed by atoms with Crippen LogP contribution < -0.4 is 10.6 Å². The van der Waals surface area contributed by atoms with Crippen LogP contribution in [0.3, 0.4) is 0 Å². The van der Waals surface area contributed by atoms with Gasteiger partial charge in [0.25, 0.3) is 0 Å². The number of halogens is 2. The molecule has 0 saturated heterocycles. The van der Waals surface area contributed by atoms with E-state index in [4.69, 9.17) is 5.11 Å². The molecule has 0 aliphatic rings. The van der Waals surface area contributed by atoms with Crippen molar-refractivity contribution in [1.29, 1.82) is 0 Å². The number of benzene rings is 1. The number of carboxylic acids is 1. The molecule has 0 aliphatic carbocycles. The standard InChI is InChI=1S/C14H19BrN2O3.ClH/c1-3-4-12(14(19)20)16-9(2)13(18)17-11-7-5-10(15)6-8-11;/h5-9,12,16H,3-4H2,1-2H3,(H,17,18)(H,19,20);1H. The van der Waals surface area contributed by atoms with Crippen molar-refractivity contribution in [1.82, 2.24) is 5.32 Å². The number of anilines is 1. The SMILES string of the molecule is CCCC(NC(C)C(=O)Nc1ccc(Br)cc1)C(=O)O.Cl. The van der Waals surface area contributed by atoms with E-state index in [1.165, 1.54) is 0 Å². The predicted octanol–water partition coefficient (Wildman–Crippen LogP) is 3.04. The molecule has 0 saturated carbocycles. The second-order valence-corrected chi connectivity index (χ2v) is 5.48. The van der Waals surface area contributed by atoms with Crippen molar-refractivity contribution in [2.45, 2.75) is 38.8 Å². The van der Waals surface area contributed by atoms with E-state index in [0.29, 0.717) is 12.1 Å². The Bertz CT molecular complexity index is 468. The van der Waals surface area contributed by atoms with Gasteiger partial charge in [-0.15, -0.1) is 12.4 Å². The van der Waals surface area contributed by atoms with E-state index in [0.717, 1.165) is 10.9 Å². The number of carbonyl (C=O) groups excluding carboxylic acids is 1. The first-order valence-electron chi connectivity index (χ1n) is 6.49. The smallest absolute Gasteiger partial charge is 0.320 e. The zero-order valence-corrected chi connectivity index (χ0v) is 14.3. The first kappa shape index (κ1) is 19.9. The van der Waals surface area contributed by atoms with Gasteiger partial charge in [-0.05, 0) is 37.6 Å². The van der Waals surface area contributed by atoms with Crippen molar-refractivity contribution in [3.8, 4) is 0 Å². The molecular formula is C14H20BrClN2O3. The monoisotopic (exact) mass is 378 g/mol. The molecule has 3 N–H and O–H groups in total. The highest BCUT2D eigenvalue weighted by atomic mass is 79.9. The van der Waals surface area contributed by atoms with Gasteiger partial charge in [-0.1, -0.05) is 29.3 Å². The molecule has 0 aliphatic heterocycles.